The first-order valence-electron chi connectivity index (χ1n) is 5.29. The normalized spacial score (nSPS) is 29.2. The second-order valence-electron chi connectivity index (χ2n) is 4.29. The van der Waals surface area contributed by atoms with E-state index in [4.69, 9.17) is 16.3 Å². The fourth-order valence-electron chi connectivity index (χ4n) is 2.66. The number of rotatable bonds is 0. The van der Waals surface area contributed by atoms with Crippen LogP contribution < -0.4 is 4.74 Å². The third-order valence-electron chi connectivity index (χ3n) is 3.33. The molecule has 2 unspecified atom stereocenters. The minimum Gasteiger partial charge on any atom is -0.490 e. The summed E-state index contributed by atoms with van der Waals surface area (Å²) in [6, 6.07) is 6.01. The smallest absolute Gasteiger partial charge is 0.123 e. The molecular formula is C12H13ClO. The molecule has 1 aromatic carbocycles. The molecule has 1 aliphatic heterocycles. The van der Waals surface area contributed by atoms with Crippen LogP contribution in [0.4, 0.5) is 0 Å². The Labute approximate surface area is 89.0 Å². The van der Waals surface area contributed by atoms with Gasteiger partial charge in [-0.25, -0.2) is 0 Å². The monoisotopic (exact) mass is 208 g/mol. The van der Waals surface area contributed by atoms with Crippen molar-refractivity contribution in [2.45, 2.75) is 37.7 Å². The number of benzene rings is 1. The van der Waals surface area contributed by atoms with Crippen LogP contribution in [0, 0.1) is 0 Å². The summed E-state index contributed by atoms with van der Waals surface area (Å²) in [4.78, 5) is 0. The van der Waals surface area contributed by atoms with Crippen LogP contribution in [0.3, 0.4) is 0 Å². The van der Waals surface area contributed by atoms with Crippen molar-refractivity contribution in [3.05, 3.63) is 28.8 Å². The van der Waals surface area contributed by atoms with E-state index < -0.39 is 0 Å². The van der Waals surface area contributed by atoms with Crippen LogP contribution in [0.25, 0.3) is 0 Å². The molecule has 0 spiro atoms. The van der Waals surface area contributed by atoms with Crippen LogP contribution in [0.5, 0.6) is 5.75 Å². The second kappa shape index (κ2) is 3.16. The van der Waals surface area contributed by atoms with Crippen LogP contribution in [-0.2, 0) is 0 Å². The van der Waals surface area contributed by atoms with Gasteiger partial charge in [0.15, 0.2) is 0 Å². The average Bonchev–Trinajstić information content (AvgIpc) is 2.20. The van der Waals surface area contributed by atoms with E-state index in [0.29, 0.717) is 12.0 Å². The molecule has 1 heterocycles. The van der Waals surface area contributed by atoms with Gasteiger partial charge < -0.3 is 4.74 Å². The lowest BCUT2D eigenvalue weighted by Crippen LogP contribution is -2.29. The van der Waals surface area contributed by atoms with E-state index in [1.54, 1.807) is 0 Å². The lowest BCUT2D eigenvalue weighted by atomic mass is 9.80. The summed E-state index contributed by atoms with van der Waals surface area (Å²) in [6.45, 7) is 0. The molecule has 2 heteroatoms. The maximum absolute atomic E-state index is 6.00. The maximum atomic E-state index is 6.00. The number of ether oxygens (including phenoxy) is 1. The predicted octanol–water partition coefficient (Wildman–Crippen LogP) is 3.76. The third-order valence-corrected chi connectivity index (χ3v) is 3.57. The van der Waals surface area contributed by atoms with Crippen molar-refractivity contribution in [3.8, 4) is 5.75 Å². The first-order chi connectivity index (χ1) is 6.83. The molecule has 0 aromatic heterocycles. The van der Waals surface area contributed by atoms with Gasteiger partial charge in [-0.05, 0) is 55.4 Å². The summed E-state index contributed by atoms with van der Waals surface area (Å²) in [5, 5.41) is 0.830. The zero-order chi connectivity index (χ0) is 9.54. The van der Waals surface area contributed by atoms with Gasteiger partial charge in [0.25, 0.3) is 0 Å². The van der Waals surface area contributed by atoms with E-state index in [9.17, 15) is 0 Å². The lowest BCUT2D eigenvalue weighted by Gasteiger charge is -2.36. The number of hydrogen-bond acceptors (Lipinski definition) is 1. The molecule has 1 saturated carbocycles. The zero-order valence-electron chi connectivity index (χ0n) is 8.00. The molecule has 0 radical (unpaired) electrons. The minimum atomic E-state index is 0.461. The van der Waals surface area contributed by atoms with Crippen LogP contribution in [-0.4, -0.2) is 6.10 Å². The van der Waals surface area contributed by atoms with Gasteiger partial charge >= 0.3 is 0 Å². The fourth-order valence-corrected chi connectivity index (χ4v) is 2.84. The van der Waals surface area contributed by atoms with Crippen LogP contribution in [0.1, 0.15) is 37.2 Å². The standard InChI is InChI=1S/C12H13ClO/c13-9-4-5-12-11(7-9)8-2-1-3-10(6-8)14-12/h4-5,7-8,10H,1-3,6H2. The highest BCUT2D eigenvalue weighted by Gasteiger charge is 2.31. The fraction of sp³-hybridized carbons (Fsp3) is 0.500. The molecule has 1 aromatic rings. The molecule has 2 bridgehead atoms. The maximum Gasteiger partial charge on any atom is 0.123 e. The topological polar surface area (TPSA) is 9.23 Å². The summed E-state index contributed by atoms with van der Waals surface area (Å²) < 4.78 is 5.90. The van der Waals surface area contributed by atoms with Crippen molar-refractivity contribution in [2.75, 3.05) is 0 Å². The Balaban J connectivity index is 2.06. The molecular weight excluding hydrogens is 196 g/mol. The molecule has 0 amide bonds. The van der Waals surface area contributed by atoms with Gasteiger partial charge in [-0.3, -0.25) is 0 Å². The van der Waals surface area contributed by atoms with Crippen molar-refractivity contribution in [1.82, 2.24) is 0 Å². The zero-order valence-corrected chi connectivity index (χ0v) is 8.76. The van der Waals surface area contributed by atoms with Crippen LogP contribution in [0.15, 0.2) is 18.2 Å². The van der Waals surface area contributed by atoms with Crippen LogP contribution >= 0.6 is 11.6 Å². The Morgan fingerprint density at radius 2 is 2.21 bits per heavy atom. The highest BCUT2D eigenvalue weighted by atomic mass is 35.5. The van der Waals surface area contributed by atoms with Crippen molar-refractivity contribution < 1.29 is 4.74 Å². The number of halogens is 1. The summed E-state index contributed by atoms with van der Waals surface area (Å²) in [6.07, 6.45) is 5.46. The van der Waals surface area contributed by atoms with Crippen molar-refractivity contribution in [1.29, 1.82) is 0 Å². The van der Waals surface area contributed by atoms with Gasteiger partial charge in [-0.15, -0.1) is 0 Å². The van der Waals surface area contributed by atoms with E-state index in [2.05, 4.69) is 6.07 Å². The first kappa shape index (κ1) is 8.60. The average molecular weight is 209 g/mol. The van der Waals surface area contributed by atoms with E-state index in [-0.39, 0.29) is 0 Å². The molecule has 0 saturated heterocycles. The highest BCUT2D eigenvalue weighted by Crippen LogP contribution is 2.44. The predicted molar refractivity (Wildman–Crippen MR) is 57.1 cm³/mol. The minimum absolute atomic E-state index is 0.461. The van der Waals surface area contributed by atoms with Crippen molar-refractivity contribution >= 4 is 11.6 Å². The largest absolute Gasteiger partial charge is 0.490 e. The first-order valence-corrected chi connectivity index (χ1v) is 5.67. The highest BCUT2D eigenvalue weighted by molar-refractivity contribution is 6.30. The van der Waals surface area contributed by atoms with Gasteiger partial charge in [0.1, 0.15) is 5.75 Å². The molecule has 2 aliphatic rings. The Kier molecular flexibility index (Phi) is 1.94. The molecule has 14 heavy (non-hydrogen) atoms. The summed E-state index contributed by atoms with van der Waals surface area (Å²) in [5.41, 5.74) is 1.33. The van der Waals surface area contributed by atoms with E-state index in [0.717, 1.165) is 10.8 Å². The van der Waals surface area contributed by atoms with E-state index in [1.165, 1.54) is 31.2 Å². The van der Waals surface area contributed by atoms with Crippen molar-refractivity contribution in [2.24, 2.45) is 0 Å². The summed E-state index contributed by atoms with van der Waals surface area (Å²) >= 11 is 6.00. The Hall–Kier alpha value is -0.690. The molecule has 1 aliphatic carbocycles. The van der Waals surface area contributed by atoms with E-state index >= 15 is 0 Å². The molecule has 74 valence electrons. The summed E-state index contributed by atoms with van der Waals surface area (Å²) in [5.74, 6) is 1.76. The van der Waals surface area contributed by atoms with Gasteiger partial charge in [-0.1, -0.05) is 11.6 Å². The quantitative estimate of drug-likeness (QED) is 0.631. The molecule has 2 atom stereocenters. The SMILES string of the molecule is Clc1ccc2c(c1)C1CCCC(C1)O2. The molecule has 1 fully saturated rings. The van der Waals surface area contributed by atoms with Crippen LogP contribution in [0.2, 0.25) is 5.02 Å². The Morgan fingerprint density at radius 1 is 1.29 bits per heavy atom. The Morgan fingerprint density at radius 3 is 3.14 bits per heavy atom. The third kappa shape index (κ3) is 1.31. The van der Waals surface area contributed by atoms with E-state index in [1.807, 2.05) is 12.1 Å². The lowest BCUT2D eigenvalue weighted by molar-refractivity contribution is 0.119. The van der Waals surface area contributed by atoms with Gasteiger partial charge in [0.05, 0.1) is 6.10 Å². The van der Waals surface area contributed by atoms with Gasteiger partial charge in [-0.2, -0.15) is 0 Å². The Bertz CT molecular complexity index is 361. The number of hydrogen-bond donors (Lipinski definition) is 0. The molecule has 3 rings (SSSR count). The molecule has 0 N–H and O–H groups in total. The summed E-state index contributed by atoms with van der Waals surface area (Å²) in [7, 11) is 0. The van der Waals surface area contributed by atoms with Gasteiger partial charge in [0, 0.05) is 5.02 Å². The second-order valence-corrected chi connectivity index (χ2v) is 4.72. The number of fused-ring (bicyclic) bond motifs is 4. The van der Waals surface area contributed by atoms with Crippen molar-refractivity contribution in [3.63, 3.8) is 0 Å². The molecule has 1 nitrogen and oxygen atoms in total. The van der Waals surface area contributed by atoms with Gasteiger partial charge in [0.2, 0.25) is 0 Å².